The molecule has 0 aliphatic carbocycles. The van der Waals surface area contributed by atoms with Crippen molar-refractivity contribution in [1.82, 2.24) is 9.78 Å². The maximum atomic E-state index is 12.1. The summed E-state index contributed by atoms with van der Waals surface area (Å²) in [6.07, 6.45) is 2.02. The van der Waals surface area contributed by atoms with Crippen LogP contribution in [0.5, 0.6) is 0 Å². The molecule has 1 aromatic carbocycles. The number of benzene rings is 1. The van der Waals surface area contributed by atoms with Crippen molar-refractivity contribution in [3.05, 3.63) is 47.2 Å². The lowest BCUT2D eigenvalue weighted by Gasteiger charge is -2.24. The largest absolute Gasteiger partial charge is 0.363 e. The molecule has 0 unspecified atom stereocenters. The molecule has 0 saturated carbocycles. The maximum absolute atomic E-state index is 12.1. The molecule has 1 aliphatic heterocycles. The predicted molar refractivity (Wildman–Crippen MR) is 88.3 cm³/mol. The van der Waals surface area contributed by atoms with Gasteiger partial charge >= 0.3 is 0 Å². The molecule has 1 aromatic heterocycles. The fourth-order valence-corrected chi connectivity index (χ4v) is 3.30. The van der Waals surface area contributed by atoms with Crippen LogP contribution in [0.3, 0.4) is 0 Å². The standard InChI is InChI=1S/C18H23N3O/c1-12-16(13(2)22)17-19-15(14-8-6-5-7-9-14)10-11-18(3,4)21(17)20-12/h5-9,15,19H,10-11H2,1-4H3/t15-/m1/s1. The zero-order chi connectivity index (χ0) is 15.9. The Balaban J connectivity index is 2.10. The molecule has 2 heterocycles. The number of anilines is 1. The average Bonchev–Trinajstić information content (AvgIpc) is 2.75. The molecule has 22 heavy (non-hydrogen) atoms. The van der Waals surface area contributed by atoms with Crippen molar-refractivity contribution in [2.24, 2.45) is 0 Å². The molecule has 3 rings (SSSR count). The second kappa shape index (κ2) is 5.27. The summed E-state index contributed by atoms with van der Waals surface area (Å²) in [5.41, 5.74) is 2.66. The van der Waals surface area contributed by atoms with Crippen LogP contribution in [0.2, 0.25) is 0 Å². The summed E-state index contributed by atoms with van der Waals surface area (Å²) in [6, 6.07) is 10.6. The van der Waals surface area contributed by atoms with Gasteiger partial charge in [0.15, 0.2) is 5.78 Å². The average molecular weight is 297 g/mol. The first-order valence-electron chi connectivity index (χ1n) is 7.82. The van der Waals surface area contributed by atoms with Crippen LogP contribution in [0, 0.1) is 6.92 Å². The Hall–Kier alpha value is -2.10. The summed E-state index contributed by atoms with van der Waals surface area (Å²) < 4.78 is 2.00. The number of nitrogens with zero attached hydrogens (tertiary/aromatic N) is 2. The van der Waals surface area contributed by atoms with Crippen molar-refractivity contribution in [2.75, 3.05) is 5.32 Å². The molecule has 0 fully saturated rings. The number of hydrogen-bond donors (Lipinski definition) is 1. The van der Waals surface area contributed by atoms with E-state index >= 15 is 0 Å². The highest BCUT2D eigenvalue weighted by Crippen LogP contribution is 2.38. The van der Waals surface area contributed by atoms with E-state index in [0.717, 1.165) is 29.9 Å². The normalized spacial score (nSPS) is 19.9. The van der Waals surface area contributed by atoms with Gasteiger partial charge in [-0.1, -0.05) is 30.3 Å². The molecule has 4 nitrogen and oxygen atoms in total. The van der Waals surface area contributed by atoms with Crippen LogP contribution in [0.25, 0.3) is 0 Å². The van der Waals surface area contributed by atoms with Gasteiger partial charge in [0, 0.05) is 0 Å². The van der Waals surface area contributed by atoms with Crippen LogP contribution >= 0.6 is 0 Å². The molecule has 0 bridgehead atoms. The van der Waals surface area contributed by atoms with Crippen LogP contribution < -0.4 is 5.32 Å². The Labute approximate surface area is 131 Å². The number of Topliss-reactive ketones (excluding diaryl/α,β-unsaturated/α-hetero) is 1. The number of ketones is 1. The third-order valence-electron chi connectivity index (χ3n) is 4.54. The highest BCUT2D eigenvalue weighted by atomic mass is 16.1. The molecule has 0 radical (unpaired) electrons. The minimum atomic E-state index is -0.107. The fourth-order valence-electron chi connectivity index (χ4n) is 3.30. The number of aryl methyl sites for hydroxylation is 1. The Kier molecular flexibility index (Phi) is 3.55. The molecular weight excluding hydrogens is 274 g/mol. The van der Waals surface area contributed by atoms with E-state index in [1.54, 1.807) is 6.92 Å². The molecule has 0 saturated heterocycles. The van der Waals surface area contributed by atoms with E-state index in [1.807, 2.05) is 17.7 Å². The second-order valence-corrected chi connectivity index (χ2v) is 6.74. The van der Waals surface area contributed by atoms with Crippen LogP contribution in [0.1, 0.15) is 61.3 Å². The number of carbonyl (C=O) groups is 1. The van der Waals surface area contributed by atoms with Gasteiger partial charge in [0.1, 0.15) is 5.82 Å². The number of rotatable bonds is 2. The van der Waals surface area contributed by atoms with E-state index in [2.05, 4.69) is 48.5 Å². The van der Waals surface area contributed by atoms with Crippen LogP contribution in [0.15, 0.2) is 30.3 Å². The predicted octanol–water partition coefficient (Wildman–Crippen LogP) is 4.08. The minimum absolute atomic E-state index is 0.0655. The summed E-state index contributed by atoms with van der Waals surface area (Å²) in [5.74, 6) is 0.928. The van der Waals surface area contributed by atoms with Gasteiger partial charge in [0.2, 0.25) is 0 Å². The quantitative estimate of drug-likeness (QED) is 0.850. The monoisotopic (exact) mass is 297 g/mol. The number of nitrogens with one attached hydrogen (secondary N) is 1. The molecule has 0 amide bonds. The van der Waals surface area contributed by atoms with Crippen molar-refractivity contribution in [2.45, 2.75) is 52.1 Å². The molecule has 2 aromatic rings. The molecule has 1 aliphatic rings. The Morgan fingerprint density at radius 2 is 2.00 bits per heavy atom. The number of fused-ring (bicyclic) bond motifs is 1. The summed E-state index contributed by atoms with van der Waals surface area (Å²) in [5, 5.41) is 8.23. The fraction of sp³-hybridized carbons (Fsp3) is 0.444. The minimum Gasteiger partial charge on any atom is -0.363 e. The van der Waals surface area contributed by atoms with Gasteiger partial charge in [-0.15, -0.1) is 0 Å². The number of hydrogen-bond acceptors (Lipinski definition) is 3. The summed E-state index contributed by atoms with van der Waals surface area (Å²) in [4.78, 5) is 12.1. The third kappa shape index (κ3) is 2.43. The van der Waals surface area contributed by atoms with Crippen LogP contribution in [-0.4, -0.2) is 15.6 Å². The van der Waals surface area contributed by atoms with E-state index in [-0.39, 0.29) is 17.4 Å². The van der Waals surface area contributed by atoms with Crippen LogP contribution in [-0.2, 0) is 5.54 Å². The van der Waals surface area contributed by atoms with E-state index < -0.39 is 0 Å². The molecule has 4 heteroatoms. The van der Waals surface area contributed by atoms with Crippen molar-refractivity contribution in [1.29, 1.82) is 0 Å². The van der Waals surface area contributed by atoms with E-state index in [4.69, 9.17) is 0 Å². The first-order valence-corrected chi connectivity index (χ1v) is 7.82. The van der Waals surface area contributed by atoms with Gasteiger partial charge < -0.3 is 5.32 Å². The summed E-state index contributed by atoms with van der Waals surface area (Å²) in [6.45, 7) is 7.89. The van der Waals surface area contributed by atoms with Gasteiger partial charge in [0.25, 0.3) is 0 Å². The van der Waals surface area contributed by atoms with Gasteiger partial charge in [0.05, 0.1) is 22.8 Å². The lowest BCUT2D eigenvalue weighted by Crippen LogP contribution is -2.26. The smallest absolute Gasteiger partial charge is 0.165 e. The molecular formula is C18H23N3O. The number of carbonyl (C=O) groups excluding carboxylic acids is 1. The molecule has 116 valence electrons. The van der Waals surface area contributed by atoms with Crippen molar-refractivity contribution in [3.63, 3.8) is 0 Å². The van der Waals surface area contributed by atoms with Gasteiger partial charge in [-0.25, -0.2) is 4.68 Å². The summed E-state index contributed by atoms with van der Waals surface area (Å²) >= 11 is 0. The lowest BCUT2D eigenvalue weighted by molar-refractivity contribution is 0.101. The zero-order valence-electron chi connectivity index (χ0n) is 13.7. The SMILES string of the molecule is CC(=O)c1c(C)nn2c1N[C@@H](c1ccccc1)CCC2(C)C. The Morgan fingerprint density at radius 3 is 2.64 bits per heavy atom. The number of aromatic nitrogens is 2. The Bertz CT molecular complexity index is 701. The van der Waals surface area contributed by atoms with E-state index in [0.29, 0.717) is 0 Å². The van der Waals surface area contributed by atoms with Gasteiger partial charge in [-0.05, 0) is 46.1 Å². The second-order valence-electron chi connectivity index (χ2n) is 6.74. The Morgan fingerprint density at radius 1 is 1.32 bits per heavy atom. The van der Waals surface area contributed by atoms with Crippen molar-refractivity contribution >= 4 is 11.6 Å². The lowest BCUT2D eigenvalue weighted by atomic mass is 9.94. The van der Waals surface area contributed by atoms with Gasteiger partial charge in [-0.2, -0.15) is 5.10 Å². The van der Waals surface area contributed by atoms with E-state index in [1.165, 1.54) is 5.56 Å². The topological polar surface area (TPSA) is 46.9 Å². The maximum Gasteiger partial charge on any atom is 0.165 e. The first kappa shape index (κ1) is 14.8. The summed E-state index contributed by atoms with van der Waals surface area (Å²) in [7, 11) is 0. The first-order chi connectivity index (χ1) is 10.4. The third-order valence-corrected chi connectivity index (χ3v) is 4.54. The molecule has 1 N–H and O–H groups in total. The van der Waals surface area contributed by atoms with Crippen LogP contribution in [0.4, 0.5) is 5.82 Å². The zero-order valence-corrected chi connectivity index (χ0v) is 13.7. The van der Waals surface area contributed by atoms with Crippen molar-refractivity contribution in [3.8, 4) is 0 Å². The highest BCUT2D eigenvalue weighted by Gasteiger charge is 2.33. The highest BCUT2D eigenvalue weighted by molar-refractivity contribution is 6.00. The van der Waals surface area contributed by atoms with E-state index in [9.17, 15) is 4.79 Å². The van der Waals surface area contributed by atoms with Crippen molar-refractivity contribution < 1.29 is 4.79 Å². The van der Waals surface area contributed by atoms with Gasteiger partial charge in [-0.3, -0.25) is 4.79 Å². The molecule has 0 spiro atoms. The molecule has 1 atom stereocenters.